The summed E-state index contributed by atoms with van der Waals surface area (Å²) in [5, 5.41) is 4.24. The molecular formula is C5H8Br3N2. The average molecular weight is 336 g/mol. The number of rotatable bonds is 0. The Kier molecular flexibility index (Phi) is 3.63. The van der Waals surface area contributed by atoms with E-state index >= 15 is 0 Å². The van der Waals surface area contributed by atoms with Crippen molar-refractivity contribution in [1.82, 2.24) is 10.2 Å². The number of nitrogens with zero attached hydrogens (tertiary/aromatic N) is 2. The van der Waals surface area contributed by atoms with Crippen molar-refractivity contribution >= 4 is 47.8 Å². The van der Waals surface area contributed by atoms with Gasteiger partial charge in [-0.3, -0.25) is 4.90 Å². The first-order valence-electron chi connectivity index (χ1n) is 3.06. The molecule has 10 heavy (non-hydrogen) atoms. The van der Waals surface area contributed by atoms with Gasteiger partial charge in [-0.1, -0.05) is 0 Å². The molecule has 0 aromatic rings. The molecule has 1 aliphatic rings. The molecule has 0 saturated carbocycles. The van der Waals surface area contributed by atoms with E-state index in [-0.39, 0.29) is 2.27 Å². The highest BCUT2D eigenvalue weighted by Gasteiger charge is 2.28. The molecule has 0 aromatic carbocycles. The van der Waals surface area contributed by atoms with Gasteiger partial charge < -0.3 is 0 Å². The predicted octanol–water partition coefficient (Wildman–Crippen LogP) is 1.70. The molecule has 1 radical (unpaired) electrons. The highest BCUT2D eigenvalue weighted by Crippen LogP contribution is 2.37. The Morgan fingerprint density at radius 3 is 1.90 bits per heavy atom. The third-order valence-electron chi connectivity index (χ3n) is 1.41. The van der Waals surface area contributed by atoms with Crippen molar-refractivity contribution in [1.29, 1.82) is 0 Å². The Balaban J connectivity index is 2.39. The molecule has 0 aromatic heterocycles. The summed E-state index contributed by atoms with van der Waals surface area (Å²) >= 11 is 10.4. The highest BCUT2D eigenvalue weighted by atomic mass is 80.0. The summed E-state index contributed by atoms with van der Waals surface area (Å²) in [6.45, 7) is 3.87. The first-order chi connectivity index (χ1) is 4.61. The molecule has 0 atom stereocenters. The van der Waals surface area contributed by atoms with E-state index in [9.17, 15) is 0 Å². The molecular weight excluding hydrogens is 328 g/mol. The lowest BCUT2D eigenvalue weighted by Gasteiger charge is -2.33. The second kappa shape index (κ2) is 3.85. The quantitative estimate of drug-likeness (QED) is 0.486. The van der Waals surface area contributed by atoms with Gasteiger partial charge in [-0.15, -0.1) is 0 Å². The van der Waals surface area contributed by atoms with E-state index < -0.39 is 0 Å². The molecule has 0 spiro atoms. The third-order valence-corrected chi connectivity index (χ3v) is 2.92. The zero-order chi connectivity index (χ0) is 7.61. The van der Waals surface area contributed by atoms with Gasteiger partial charge in [-0.05, 0) is 47.8 Å². The Morgan fingerprint density at radius 1 is 1.10 bits per heavy atom. The van der Waals surface area contributed by atoms with E-state index in [0.29, 0.717) is 0 Å². The summed E-state index contributed by atoms with van der Waals surface area (Å²) in [5.74, 6) is 0. The molecule has 1 heterocycles. The first-order valence-corrected chi connectivity index (χ1v) is 5.43. The van der Waals surface area contributed by atoms with Gasteiger partial charge in [0.05, 0.1) is 0 Å². The van der Waals surface area contributed by atoms with Crippen LogP contribution < -0.4 is 5.32 Å². The van der Waals surface area contributed by atoms with Crippen LogP contribution >= 0.6 is 47.8 Å². The standard InChI is InChI=1S/C5H8Br3N2/c6-5(7,8)10-3-1-9-2-4-10/h1-4H2. The number of hydrogen-bond donors (Lipinski definition) is 0. The maximum atomic E-state index is 4.24. The first kappa shape index (κ1) is 9.45. The van der Waals surface area contributed by atoms with Crippen LogP contribution in [0, 0.1) is 0 Å². The van der Waals surface area contributed by atoms with Crippen LogP contribution in [0.5, 0.6) is 0 Å². The number of piperazine rings is 1. The summed E-state index contributed by atoms with van der Waals surface area (Å²) in [6, 6.07) is 0. The maximum Gasteiger partial charge on any atom is 0.188 e. The lowest BCUT2D eigenvalue weighted by atomic mass is 10.4. The van der Waals surface area contributed by atoms with Gasteiger partial charge in [0.2, 0.25) is 0 Å². The third kappa shape index (κ3) is 2.77. The lowest BCUT2D eigenvalue weighted by Crippen LogP contribution is -2.45. The van der Waals surface area contributed by atoms with Crippen LogP contribution in [0.15, 0.2) is 0 Å². The predicted molar refractivity (Wildman–Crippen MR) is 53.0 cm³/mol. The Hall–Kier alpha value is 1.36. The molecule has 0 amide bonds. The minimum absolute atomic E-state index is 0.219. The molecule has 1 aliphatic heterocycles. The molecule has 59 valence electrons. The normalized spacial score (nSPS) is 23.1. The molecule has 0 aliphatic carbocycles. The van der Waals surface area contributed by atoms with Crippen molar-refractivity contribution in [3.63, 3.8) is 0 Å². The van der Waals surface area contributed by atoms with Gasteiger partial charge in [0, 0.05) is 26.2 Å². The summed E-state index contributed by atoms with van der Waals surface area (Å²) < 4.78 is -0.219. The van der Waals surface area contributed by atoms with Gasteiger partial charge in [0.15, 0.2) is 2.27 Å². The minimum Gasteiger partial charge on any atom is -0.268 e. The van der Waals surface area contributed by atoms with Crippen molar-refractivity contribution < 1.29 is 0 Å². The maximum absolute atomic E-state index is 4.24. The summed E-state index contributed by atoms with van der Waals surface area (Å²) in [6.07, 6.45) is 0. The summed E-state index contributed by atoms with van der Waals surface area (Å²) in [7, 11) is 0. The van der Waals surface area contributed by atoms with Crippen LogP contribution in [0.2, 0.25) is 0 Å². The van der Waals surface area contributed by atoms with E-state index in [0.717, 1.165) is 26.2 Å². The second-order valence-electron chi connectivity index (χ2n) is 2.13. The molecule has 0 N–H and O–H groups in total. The highest BCUT2D eigenvalue weighted by molar-refractivity contribution is 9.39. The topological polar surface area (TPSA) is 17.3 Å². The van der Waals surface area contributed by atoms with Crippen molar-refractivity contribution in [2.75, 3.05) is 26.2 Å². The van der Waals surface area contributed by atoms with Crippen molar-refractivity contribution in [2.45, 2.75) is 2.27 Å². The average Bonchev–Trinajstić information content (AvgIpc) is 1.88. The zero-order valence-electron chi connectivity index (χ0n) is 5.36. The Labute approximate surface area is 86.1 Å². The van der Waals surface area contributed by atoms with Crippen molar-refractivity contribution in [2.24, 2.45) is 0 Å². The number of alkyl halides is 3. The van der Waals surface area contributed by atoms with Crippen molar-refractivity contribution in [3.05, 3.63) is 0 Å². The van der Waals surface area contributed by atoms with E-state index in [1.165, 1.54) is 0 Å². The molecule has 0 bridgehead atoms. The van der Waals surface area contributed by atoms with Crippen LogP contribution in [0.25, 0.3) is 0 Å². The molecule has 1 rings (SSSR count). The van der Waals surface area contributed by atoms with Gasteiger partial charge in [0.25, 0.3) is 0 Å². The van der Waals surface area contributed by atoms with E-state index in [4.69, 9.17) is 0 Å². The Morgan fingerprint density at radius 2 is 1.60 bits per heavy atom. The fourth-order valence-corrected chi connectivity index (χ4v) is 1.92. The lowest BCUT2D eigenvalue weighted by molar-refractivity contribution is 0.258. The molecule has 0 unspecified atom stereocenters. The smallest absolute Gasteiger partial charge is 0.188 e. The van der Waals surface area contributed by atoms with Gasteiger partial charge in [0.1, 0.15) is 0 Å². The number of hydrogen-bond acceptors (Lipinski definition) is 1. The van der Waals surface area contributed by atoms with Gasteiger partial charge in [-0.25, -0.2) is 5.32 Å². The monoisotopic (exact) mass is 333 g/mol. The summed E-state index contributed by atoms with van der Waals surface area (Å²) in [5.41, 5.74) is 0. The van der Waals surface area contributed by atoms with Crippen LogP contribution in [0.4, 0.5) is 0 Å². The SMILES string of the molecule is BrC(Br)(Br)N1CC[N]CC1. The van der Waals surface area contributed by atoms with Crippen LogP contribution in [0.1, 0.15) is 0 Å². The van der Waals surface area contributed by atoms with E-state index in [1.54, 1.807) is 0 Å². The van der Waals surface area contributed by atoms with Crippen LogP contribution in [0.3, 0.4) is 0 Å². The molecule has 2 nitrogen and oxygen atoms in total. The van der Waals surface area contributed by atoms with E-state index in [1.807, 2.05) is 0 Å². The Bertz CT molecular complexity index is 106. The number of halogens is 3. The second-order valence-corrected chi connectivity index (χ2v) is 8.76. The summed E-state index contributed by atoms with van der Waals surface area (Å²) in [4.78, 5) is 2.24. The van der Waals surface area contributed by atoms with Crippen LogP contribution in [-0.2, 0) is 0 Å². The minimum atomic E-state index is -0.219. The molecule has 1 fully saturated rings. The fraction of sp³-hybridized carbons (Fsp3) is 1.00. The van der Waals surface area contributed by atoms with Crippen LogP contribution in [-0.4, -0.2) is 33.3 Å². The fourth-order valence-electron chi connectivity index (χ4n) is 0.860. The molecule has 1 saturated heterocycles. The zero-order valence-corrected chi connectivity index (χ0v) is 10.1. The van der Waals surface area contributed by atoms with E-state index in [2.05, 4.69) is 58.0 Å². The van der Waals surface area contributed by atoms with Gasteiger partial charge in [-0.2, -0.15) is 0 Å². The van der Waals surface area contributed by atoms with Crippen molar-refractivity contribution in [3.8, 4) is 0 Å². The molecule has 5 heteroatoms. The van der Waals surface area contributed by atoms with Gasteiger partial charge >= 0.3 is 0 Å². The largest absolute Gasteiger partial charge is 0.268 e.